The number of H-pyrrole nitrogens is 1. The number of esters is 2. The molecule has 0 amide bonds. The van der Waals surface area contributed by atoms with Crippen molar-refractivity contribution in [2.75, 3.05) is 0 Å². The lowest BCUT2D eigenvalue weighted by Crippen LogP contribution is -2.11. The van der Waals surface area contributed by atoms with Gasteiger partial charge in [0.25, 0.3) is 0 Å². The molecule has 0 saturated heterocycles. The minimum absolute atomic E-state index is 0.454. The van der Waals surface area contributed by atoms with E-state index in [9.17, 15) is 14.0 Å². The van der Waals surface area contributed by atoms with Crippen molar-refractivity contribution in [3.63, 3.8) is 0 Å². The van der Waals surface area contributed by atoms with Gasteiger partial charge in [-0.05, 0) is 0 Å². The second kappa shape index (κ2) is 3.12. The summed E-state index contributed by atoms with van der Waals surface area (Å²) in [6, 6.07) is 0. The van der Waals surface area contributed by atoms with Gasteiger partial charge in [0.1, 0.15) is 0 Å². The molecule has 1 aromatic rings. The molecule has 0 aromatic carbocycles. The molecular weight excluding hydrogens is 167 g/mol. The molecule has 0 saturated carbocycles. The first kappa shape index (κ1) is 8.38. The minimum atomic E-state index is -1.07. The number of nitrogens with one attached hydrogen (secondary N) is 1. The van der Waals surface area contributed by atoms with Crippen molar-refractivity contribution in [3.8, 4) is 0 Å². The predicted molar refractivity (Wildman–Crippen MR) is 34.6 cm³/mol. The van der Waals surface area contributed by atoms with Crippen LogP contribution >= 0.6 is 0 Å². The Bertz CT molecular complexity index is 320. The highest BCUT2D eigenvalue weighted by molar-refractivity contribution is 5.94. The number of carbonyl (C=O) groups excluding carboxylic acids is 2. The van der Waals surface area contributed by atoms with Crippen LogP contribution in [0.25, 0.3) is 0 Å². The lowest BCUT2D eigenvalue weighted by atomic mass is 10.4. The summed E-state index contributed by atoms with van der Waals surface area (Å²) in [6.45, 7) is 1.05. The van der Waals surface area contributed by atoms with Gasteiger partial charge in [0.15, 0.2) is 11.5 Å². The first-order valence-electron chi connectivity index (χ1n) is 3.03. The normalized spacial score (nSPS) is 9.50. The van der Waals surface area contributed by atoms with Crippen molar-refractivity contribution in [1.29, 1.82) is 0 Å². The van der Waals surface area contributed by atoms with Gasteiger partial charge in [-0.1, -0.05) is 0 Å². The second-order valence-electron chi connectivity index (χ2n) is 1.97. The Hall–Kier alpha value is -1.72. The maximum atomic E-state index is 12.5. The Kier molecular flexibility index (Phi) is 2.18. The largest absolute Gasteiger partial charge is 0.388 e. The molecule has 1 heterocycles. The van der Waals surface area contributed by atoms with Gasteiger partial charge in [-0.25, -0.2) is 9.18 Å². The van der Waals surface area contributed by atoms with Crippen molar-refractivity contribution >= 4 is 11.9 Å². The molecule has 64 valence electrons. The van der Waals surface area contributed by atoms with E-state index in [4.69, 9.17) is 0 Å². The molecule has 0 atom stereocenters. The van der Waals surface area contributed by atoms with Gasteiger partial charge < -0.3 is 4.74 Å². The molecule has 0 aliphatic carbocycles. The molecular formula is C6H5FN2O3. The van der Waals surface area contributed by atoms with E-state index in [0.29, 0.717) is 0 Å². The fourth-order valence-electron chi connectivity index (χ4n) is 0.596. The summed E-state index contributed by atoms with van der Waals surface area (Å²) in [4.78, 5) is 21.0. The monoisotopic (exact) mass is 172 g/mol. The molecule has 0 aliphatic heterocycles. The molecule has 0 unspecified atom stereocenters. The third kappa shape index (κ3) is 1.66. The summed E-state index contributed by atoms with van der Waals surface area (Å²) in [5, 5.41) is 5.30. The van der Waals surface area contributed by atoms with Crippen molar-refractivity contribution in [2.45, 2.75) is 6.92 Å². The highest BCUT2D eigenvalue weighted by Crippen LogP contribution is 2.02. The first-order chi connectivity index (χ1) is 5.61. The van der Waals surface area contributed by atoms with Crippen LogP contribution < -0.4 is 0 Å². The summed E-state index contributed by atoms with van der Waals surface area (Å²) in [7, 11) is 0. The zero-order valence-electron chi connectivity index (χ0n) is 6.13. The van der Waals surface area contributed by atoms with Gasteiger partial charge in [-0.15, -0.1) is 0 Å². The number of aromatic nitrogens is 2. The Morgan fingerprint density at radius 3 is 2.75 bits per heavy atom. The summed E-state index contributed by atoms with van der Waals surface area (Å²) in [6.07, 6.45) is 0.816. The quantitative estimate of drug-likeness (QED) is 0.487. The van der Waals surface area contributed by atoms with Crippen molar-refractivity contribution < 1.29 is 18.7 Å². The smallest absolute Gasteiger partial charge is 0.367 e. The van der Waals surface area contributed by atoms with Crippen LogP contribution in [0.15, 0.2) is 6.20 Å². The molecule has 6 heteroatoms. The van der Waals surface area contributed by atoms with Gasteiger partial charge >= 0.3 is 11.9 Å². The van der Waals surface area contributed by atoms with E-state index in [2.05, 4.69) is 14.9 Å². The van der Waals surface area contributed by atoms with Gasteiger partial charge in [0.2, 0.25) is 0 Å². The van der Waals surface area contributed by atoms with E-state index in [-0.39, 0.29) is 0 Å². The fraction of sp³-hybridized carbons (Fsp3) is 0.167. The maximum Gasteiger partial charge on any atom is 0.367 e. The number of nitrogens with zero attached hydrogens (tertiary/aromatic N) is 1. The molecule has 12 heavy (non-hydrogen) atoms. The van der Waals surface area contributed by atoms with Gasteiger partial charge in [-0.2, -0.15) is 5.10 Å². The average Bonchev–Trinajstić information content (AvgIpc) is 2.33. The van der Waals surface area contributed by atoms with Crippen LogP contribution in [0.4, 0.5) is 4.39 Å². The predicted octanol–water partition coefficient (Wildman–Crippen LogP) is 0.252. The van der Waals surface area contributed by atoms with E-state index in [1.165, 1.54) is 0 Å². The summed E-state index contributed by atoms with van der Waals surface area (Å²) in [5.74, 6) is -2.72. The third-order valence-electron chi connectivity index (χ3n) is 1.03. The highest BCUT2D eigenvalue weighted by atomic mass is 19.1. The molecule has 1 rings (SSSR count). The molecule has 5 nitrogen and oxygen atoms in total. The number of aromatic amines is 1. The van der Waals surface area contributed by atoms with Crippen LogP contribution in [0.2, 0.25) is 0 Å². The zero-order valence-corrected chi connectivity index (χ0v) is 6.13. The van der Waals surface area contributed by atoms with Gasteiger partial charge in [-0.3, -0.25) is 9.89 Å². The second-order valence-corrected chi connectivity index (χ2v) is 1.97. The van der Waals surface area contributed by atoms with Gasteiger partial charge in [0.05, 0.1) is 6.20 Å². The number of rotatable bonds is 1. The van der Waals surface area contributed by atoms with Crippen LogP contribution in [0, 0.1) is 5.82 Å². The average molecular weight is 172 g/mol. The molecule has 0 fully saturated rings. The summed E-state index contributed by atoms with van der Waals surface area (Å²) >= 11 is 0. The van der Waals surface area contributed by atoms with Crippen LogP contribution in [0.5, 0.6) is 0 Å². The molecule has 1 N–H and O–H groups in total. The molecule has 0 bridgehead atoms. The summed E-state index contributed by atoms with van der Waals surface area (Å²) < 4.78 is 16.6. The molecule has 0 spiro atoms. The number of hydrogen-bond donors (Lipinski definition) is 1. The maximum absolute atomic E-state index is 12.5. The number of hydrogen-bond acceptors (Lipinski definition) is 4. The lowest BCUT2D eigenvalue weighted by molar-refractivity contribution is -0.135. The van der Waals surface area contributed by atoms with E-state index in [1.807, 2.05) is 0 Å². The lowest BCUT2D eigenvalue weighted by Gasteiger charge is -1.94. The van der Waals surface area contributed by atoms with E-state index >= 15 is 0 Å². The Balaban J connectivity index is 2.78. The fourth-order valence-corrected chi connectivity index (χ4v) is 0.596. The van der Waals surface area contributed by atoms with Crippen LogP contribution in [-0.2, 0) is 9.53 Å². The number of halogens is 1. The van der Waals surface area contributed by atoms with Crippen molar-refractivity contribution in [3.05, 3.63) is 17.7 Å². The SMILES string of the molecule is CC(=O)OC(=O)c1[nH]ncc1F. The Morgan fingerprint density at radius 2 is 2.33 bits per heavy atom. The summed E-state index contributed by atoms with van der Waals surface area (Å²) in [5.41, 5.74) is -0.454. The number of carbonyl (C=O) groups is 2. The molecule has 0 radical (unpaired) electrons. The highest BCUT2D eigenvalue weighted by Gasteiger charge is 2.16. The van der Waals surface area contributed by atoms with Crippen LogP contribution in [0.3, 0.4) is 0 Å². The number of ether oxygens (including phenoxy) is 1. The Morgan fingerprint density at radius 1 is 1.67 bits per heavy atom. The van der Waals surface area contributed by atoms with E-state index in [1.54, 1.807) is 0 Å². The van der Waals surface area contributed by atoms with E-state index < -0.39 is 23.4 Å². The third-order valence-corrected chi connectivity index (χ3v) is 1.03. The van der Waals surface area contributed by atoms with Crippen LogP contribution in [0.1, 0.15) is 17.4 Å². The molecule has 0 aliphatic rings. The zero-order chi connectivity index (χ0) is 9.14. The first-order valence-corrected chi connectivity index (χ1v) is 3.03. The standard InChI is InChI=1S/C6H5FN2O3/c1-3(10)12-6(11)5-4(7)2-8-9-5/h2H,1H3,(H,8,9). The Labute approximate surface area is 66.5 Å². The van der Waals surface area contributed by atoms with E-state index in [0.717, 1.165) is 13.1 Å². The molecule has 1 aromatic heterocycles. The minimum Gasteiger partial charge on any atom is -0.388 e. The van der Waals surface area contributed by atoms with Crippen molar-refractivity contribution in [1.82, 2.24) is 10.2 Å². The van der Waals surface area contributed by atoms with Crippen molar-refractivity contribution in [2.24, 2.45) is 0 Å². The van der Waals surface area contributed by atoms with Gasteiger partial charge in [0, 0.05) is 6.92 Å². The van der Waals surface area contributed by atoms with Crippen LogP contribution in [-0.4, -0.2) is 22.1 Å². The topological polar surface area (TPSA) is 72.1 Å².